The van der Waals surface area contributed by atoms with Crippen LogP contribution in [-0.2, 0) is 0 Å². The van der Waals surface area contributed by atoms with Crippen LogP contribution < -0.4 is 0 Å². The van der Waals surface area contributed by atoms with E-state index in [1.807, 2.05) is 97.1 Å². The first-order valence-corrected chi connectivity index (χ1v) is 21.8. The minimum absolute atomic E-state index is 0.591. The van der Waals surface area contributed by atoms with Gasteiger partial charge in [-0.1, -0.05) is 84.9 Å². The normalized spacial score (nSPS) is 10.7. The SMILES string of the molecule is N#C/C(=C\c1ccccc1)c1ccc(/C(C#N)=C/c2ccccc2)cc1.Oc1c(F)c(F)c(O)c(F)c1F.Oc1c(F)c(F)c(O)c(F)c1F.Oc1c(F)c(F)c(O)c(F)c1F.Oc1c(F)c(F)c(O)c(F)c1F.Oc1c(F)c(F)c(O)c(F)c1F. The van der Waals surface area contributed by atoms with E-state index in [1.54, 1.807) is 0 Å². The highest BCUT2D eigenvalue weighted by molar-refractivity contribution is 5.92. The van der Waals surface area contributed by atoms with E-state index in [1.165, 1.54) is 0 Å². The van der Waals surface area contributed by atoms with Crippen LogP contribution in [0.3, 0.4) is 0 Å². The van der Waals surface area contributed by atoms with E-state index in [0.717, 1.165) is 22.3 Å². The van der Waals surface area contributed by atoms with Crippen molar-refractivity contribution in [1.29, 1.82) is 10.5 Å². The van der Waals surface area contributed by atoms with Gasteiger partial charge < -0.3 is 51.1 Å². The Labute approximate surface area is 465 Å². The molecular weight excluding hydrogens is 1220 g/mol. The zero-order valence-corrected chi connectivity index (χ0v) is 41.2. The number of phenols is 10. The number of nitriles is 2. The Kier molecular flexibility index (Phi) is 23.9. The van der Waals surface area contributed by atoms with Crippen LogP contribution in [0, 0.1) is 139 Å². The summed E-state index contributed by atoms with van der Waals surface area (Å²) in [5, 5.41) is 102. The van der Waals surface area contributed by atoms with Gasteiger partial charge >= 0.3 is 0 Å². The zero-order chi connectivity index (χ0) is 65.5. The second-order valence-electron chi connectivity index (χ2n) is 15.5. The van der Waals surface area contributed by atoms with Gasteiger partial charge in [-0.2, -0.15) is 98.3 Å². The number of benzene rings is 8. The van der Waals surface area contributed by atoms with E-state index in [0.29, 0.717) is 11.1 Å². The number of phenolic OH excluding ortho intramolecular Hbond substituents is 10. The largest absolute Gasteiger partial charge is 0.503 e. The van der Waals surface area contributed by atoms with E-state index in [4.69, 9.17) is 51.1 Å². The maximum atomic E-state index is 12.2. The van der Waals surface area contributed by atoms with Gasteiger partial charge in [0.05, 0.1) is 23.3 Å². The molecule has 0 aliphatic rings. The summed E-state index contributed by atoms with van der Waals surface area (Å²) in [7, 11) is 0. The third kappa shape index (κ3) is 15.7. The first-order valence-electron chi connectivity index (χ1n) is 21.8. The minimum atomic E-state index is -2.02. The molecule has 10 N–H and O–H groups in total. The van der Waals surface area contributed by atoms with Gasteiger partial charge in [0.15, 0.2) is 57.5 Å². The molecule has 8 rings (SSSR count). The van der Waals surface area contributed by atoms with Gasteiger partial charge in [0.25, 0.3) is 0 Å². The lowest BCUT2D eigenvalue weighted by molar-refractivity contribution is 0.319. The van der Waals surface area contributed by atoms with Crippen LogP contribution in [0.4, 0.5) is 87.8 Å². The summed E-state index contributed by atoms with van der Waals surface area (Å²) in [5.41, 5.74) is 4.81. The average Bonchev–Trinajstić information content (AvgIpc) is 2.01. The van der Waals surface area contributed by atoms with Crippen molar-refractivity contribution in [2.45, 2.75) is 0 Å². The molecule has 0 heterocycles. The van der Waals surface area contributed by atoms with Crippen LogP contribution in [0.1, 0.15) is 22.3 Å². The molecule has 8 aromatic carbocycles. The van der Waals surface area contributed by atoms with Crippen LogP contribution in [-0.4, -0.2) is 51.1 Å². The molecule has 0 bridgehead atoms. The Balaban J connectivity index is 0.000000281. The summed E-state index contributed by atoms with van der Waals surface area (Å²) in [4.78, 5) is 0. The van der Waals surface area contributed by atoms with Crippen molar-refractivity contribution in [2.24, 2.45) is 0 Å². The number of hydrogen-bond acceptors (Lipinski definition) is 12. The summed E-state index contributed by atoms with van der Waals surface area (Å²) in [6.45, 7) is 0. The molecule has 0 radical (unpaired) electrons. The Morgan fingerprint density at radius 2 is 0.360 bits per heavy atom. The highest BCUT2D eigenvalue weighted by Gasteiger charge is 2.28. The molecule has 12 nitrogen and oxygen atoms in total. The van der Waals surface area contributed by atoms with Gasteiger partial charge in [0.1, 0.15) is 0 Å². The van der Waals surface area contributed by atoms with Crippen LogP contribution in [0.5, 0.6) is 57.5 Å². The minimum Gasteiger partial charge on any atom is -0.503 e. The Bertz CT molecular complexity index is 2970. The van der Waals surface area contributed by atoms with Crippen molar-refractivity contribution in [3.8, 4) is 69.6 Å². The number of nitrogens with zero attached hydrogens (tertiary/aromatic N) is 2. The molecule has 0 unspecified atom stereocenters. The molecule has 32 heteroatoms. The molecule has 0 aliphatic heterocycles. The first kappa shape index (κ1) is 69.1. The van der Waals surface area contributed by atoms with Gasteiger partial charge in [0, 0.05) is 0 Å². The smallest absolute Gasteiger partial charge is 0.207 e. The van der Waals surface area contributed by atoms with Crippen LogP contribution in [0.15, 0.2) is 84.9 Å². The first-order chi connectivity index (χ1) is 40.1. The lowest BCUT2D eigenvalue weighted by atomic mass is 9.99. The Morgan fingerprint density at radius 3 is 0.477 bits per heavy atom. The third-order valence-electron chi connectivity index (χ3n) is 10.1. The van der Waals surface area contributed by atoms with Crippen LogP contribution >= 0.6 is 0 Å². The molecule has 0 spiro atoms. The fourth-order valence-corrected chi connectivity index (χ4v) is 5.66. The van der Waals surface area contributed by atoms with Gasteiger partial charge in [-0.25, -0.2) is 0 Å². The molecule has 0 saturated carbocycles. The van der Waals surface area contributed by atoms with E-state index < -0.39 is 174 Å². The molecule has 86 heavy (non-hydrogen) atoms. The average molecular weight is 1240 g/mol. The maximum absolute atomic E-state index is 12.2. The molecule has 0 aromatic heterocycles. The standard InChI is InChI=1S/C24H16N2.5C6H2F4O2/c25-17-23(15-19-7-3-1-4-8-19)21-11-13-22(14-12-21)24(18-26)16-20-9-5-2-6-10-20;5*7-1-2(8)6(12)4(10)3(9)5(1)11/h1-16H;5*11-12H/b23-15+,24-16+;;;;;. The van der Waals surface area contributed by atoms with E-state index >= 15 is 0 Å². The van der Waals surface area contributed by atoms with Crippen molar-refractivity contribution in [3.05, 3.63) is 224 Å². The summed E-state index contributed by atoms with van der Waals surface area (Å²) in [5.74, 6) is -58.3. The summed E-state index contributed by atoms with van der Waals surface area (Å²) in [6.07, 6.45) is 3.72. The zero-order valence-electron chi connectivity index (χ0n) is 41.2. The summed E-state index contributed by atoms with van der Waals surface area (Å²) in [6, 6.07) is 31.5. The maximum Gasteiger partial charge on any atom is 0.207 e. The fourth-order valence-electron chi connectivity index (χ4n) is 5.66. The van der Waals surface area contributed by atoms with Gasteiger partial charge in [-0.3, -0.25) is 0 Å². The lowest BCUT2D eigenvalue weighted by Gasteiger charge is -2.04. The van der Waals surface area contributed by atoms with Crippen molar-refractivity contribution in [3.63, 3.8) is 0 Å². The third-order valence-corrected chi connectivity index (χ3v) is 10.1. The number of aromatic hydroxyl groups is 10. The molecule has 452 valence electrons. The monoisotopic (exact) mass is 1240 g/mol. The van der Waals surface area contributed by atoms with E-state index in [9.17, 15) is 98.3 Å². The number of rotatable bonds is 4. The van der Waals surface area contributed by atoms with Crippen molar-refractivity contribution < 1.29 is 139 Å². The van der Waals surface area contributed by atoms with Crippen molar-refractivity contribution in [2.75, 3.05) is 0 Å². The van der Waals surface area contributed by atoms with E-state index in [-0.39, 0.29) is 0 Å². The molecule has 0 aliphatic carbocycles. The Morgan fingerprint density at radius 1 is 0.233 bits per heavy atom. The highest BCUT2D eigenvalue weighted by Crippen LogP contribution is 2.37. The second-order valence-corrected chi connectivity index (χ2v) is 15.5. The van der Waals surface area contributed by atoms with Gasteiger partial charge in [-0.05, 0) is 34.4 Å². The Hall–Kier alpha value is -11.2. The fraction of sp³-hybridized carbons (Fsp3) is 0. The van der Waals surface area contributed by atoms with Gasteiger partial charge in [0.2, 0.25) is 116 Å². The van der Waals surface area contributed by atoms with Crippen LogP contribution in [0.2, 0.25) is 0 Å². The molecule has 8 aromatic rings. The number of halogens is 20. The predicted octanol–water partition coefficient (Wildman–Crippen LogP) is 14.1. The van der Waals surface area contributed by atoms with E-state index in [2.05, 4.69) is 12.1 Å². The summed E-state index contributed by atoms with van der Waals surface area (Å²) >= 11 is 0. The summed E-state index contributed by atoms with van der Waals surface area (Å²) < 4.78 is 245. The van der Waals surface area contributed by atoms with Crippen molar-refractivity contribution in [1.82, 2.24) is 0 Å². The van der Waals surface area contributed by atoms with Crippen molar-refractivity contribution >= 4 is 23.3 Å². The quantitative estimate of drug-likeness (QED) is 0.0260. The molecular formula is C54H26F20N2O10. The lowest BCUT2D eigenvalue weighted by Crippen LogP contribution is -1.94. The van der Waals surface area contributed by atoms with Gasteiger partial charge in [-0.15, -0.1) is 0 Å². The molecule has 0 saturated heterocycles. The van der Waals surface area contributed by atoms with Crippen LogP contribution in [0.25, 0.3) is 23.3 Å². The number of hydrogen-bond donors (Lipinski definition) is 10. The molecule has 0 amide bonds. The molecule has 0 fully saturated rings. The second kappa shape index (κ2) is 29.7. The molecule has 0 atom stereocenters. The topological polar surface area (TPSA) is 250 Å². The predicted molar refractivity (Wildman–Crippen MR) is 254 cm³/mol. The highest BCUT2D eigenvalue weighted by atomic mass is 19.2. The number of allylic oxidation sites excluding steroid dienone is 2.